The Morgan fingerprint density at radius 3 is 2.52 bits per heavy atom. The molecular formula is C15H24N4O2. The third-order valence-electron chi connectivity index (χ3n) is 4.28. The molecule has 1 saturated heterocycles. The highest BCUT2D eigenvalue weighted by Crippen LogP contribution is 2.30. The van der Waals surface area contributed by atoms with E-state index in [0.717, 1.165) is 17.8 Å². The molecular weight excluding hydrogens is 268 g/mol. The number of piperazine rings is 1. The largest absolute Gasteiger partial charge is 0.340 e. The minimum absolute atomic E-state index is 0.0563. The molecule has 0 aliphatic carbocycles. The van der Waals surface area contributed by atoms with Crippen molar-refractivity contribution in [3.05, 3.63) is 11.9 Å². The predicted molar refractivity (Wildman–Crippen MR) is 81.0 cm³/mol. The van der Waals surface area contributed by atoms with Crippen LogP contribution in [0.15, 0.2) is 6.20 Å². The summed E-state index contributed by atoms with van der Waals surface area (Å²) in [6.07, 6.45) is 3.69. The van der Waals surface area contributed by atoms with Crippen LogP contribution in [0.5, 0.6) is 0 Å². The highest BCUT2D eigenvalue weighted by molar-refractivity contribution is 6.10. The first-order chi connectivity index (χ1) is 9.87. The van der Waals surface area contributed by atoms with Crippen molar-refractivity contribution >= 4 is 17.5 Å². The highest BCUT2D eigenvalue weighted by Gasteiger charge is 2.47. The zero-order chi connectivity index (χ0) is 15.8. The molecule has 0 aromatic carbocycles. The molecule has 2 atom stereocenters. The lowest BCUT2D eigenvalue weighted by atomic mass is 9.90. The lowest BCUT2D eigenvalue weighted by Gasteiger charge is -2.43. The van der Waals surface area contributed by atoms with Gasteiger partial charge in [0.2, 0.25) is 5.91 Å². The maximum atomic E-state index is 12.9. The van der Waals surface area contributed by atoms with E-state index in [1.54, 1.807) is 16.5 Å². The molecule has 1 N–H and O–H groups in total. The van der Waals surface area contributed by atoms with Gasteiger partial charge in [0, 0.05) is 13.2 Å². The average Bonchev–Trinajstić information content (AvgIpc) is 2.83. The Morgan fingerprint density at radius 1 is 1.33 bits per heavy atom. The number of nitrogens with one attached hydrogen (secondary N) is 1. The first kappa shape index (κ1) is 15.5. The van der Waals surface area contributed by atoms with E-state index in [4.69, 9.17) is 0 Å². The van der Waals surface area contributed by atoms with E-state index in [0.29, 0.717) is 12.8 Å². The van der Waals surface area contributed by atoms with Gasteiger partial charge in [-0.2, -0.15) is 5.10 Å². The number of amides is 2. The van der Waals surface area contributed by atoms with E-state index in [1.807, 2.05) is 34.0 Å². The van der Waals surface area contributed by atoms with E-state index >= 15 is 0 Å². The van der Waals surface area contributed by atoms with Crippen LogP contribution in [-0.4, -0.2) is 33.2 Å². The molecule has 6 nitrogen and oxygen atoms in total. The van der Waals surface area contributed by atoms with Gasteiger partial charge in [-0.25, -0.2) is 0 Å². The quantitative estimate of drug-likeness (QED) is 0.912. The van der Waals surface area contributed by atoms with Crippen molar-refractivity contribution < 1.29 is 9.59 Å². The number of nitrogens with zero attached hydrogens (tertiary/aromatic N) is 3. The van der Waals surface area contributed by atoms with E-state index in [-0.39, 0.29) is 11.8 Å². The molecule has 1 fully saturated rings. The Labute approximate surface area is 125 Å². The first-order valence-corrected chi connectivity index (χ1v) is 7.56. The molecule has 0 spiro atoms. The number of hydrogen-bond acceptors (Lipinski definition) is 3. The topological polar surface area (TPSA) is 67.2 Å². The lowest BCUT2D eigenvalue weighted by Crippen LogP contribution is -2.69. The molecule has 0 bridgehead atoms. The smallest absolute Gasteiger partial charge is 0.253 e. The molecule has 1 aromatic heterocycles. The highest BCUT2D eigenvalue weighted by atomic mass is 16.2. The van der Waals surface area contributed by atoms with Crippen molar-refractivity contribution in [1.29, 1.82) is 0 Å². The second-order valence-corrected chi connectivity index (χ2v) is 5.76. The molecule has 0 radical (unpaired) electrons. The van der Waals surface area contributed by atoms with Gasteiger partial charge in [-0.05, 0) is 26.2 Å². The van der Waals surface area contributed by atoms with E-state index in [9.17, 15) is 9.59 Å². The fourth-order valence-electron chi connectivity index (χ4n) is 2.79. The zero-order valence-corrected chi connectivity index (χ0v) is 13.4. The van der Waals surface area contributed by atoms with Gasteiger partial charge in [0.15, 0.2) is 0 Å². The van der Waals surface area contributed by atoms with Gasteiger partial charge in [-0.15, -0.1) is 0 Å². The van der Waals surface area contributed by atoms with Crippen molar-refractivity contribution in [1.82, 2.24) is 15.1 Å². The van der Waals surface area contributed by atoms with Gasteiger partial charge >= 0.3 is 0 Å². The summed E-state index contributed by atoms with van der Waals surface area (Å²) in [5, 5.41) is 7.28. The van der Waals surface area contributed by atoms with Crippen LogP contribution in [0.1, 0.15) is 46.2 Å². The van der Waals surface area contributed by atoms with E-state index in [2.05, 4.69) is 10.4 Å². The number of aryl methyl sites for hydroxylation is 2. The summed E-state index contributed by atoms with van der Waals surface area (Å²) in [7, 11) is 1.83. The monoisotopic (exact) mass is 292 g/mol. The fraction of sp³-hybridized carbons (Fsp3) is 0.667. The second kappa shape index (κ2) is 5.50. The number of carbonyl (C=O) groups is 2. The van der Waals surface area contributed by atoms with Crippen LogP contribution in [0.25, 0.3) is 0 Å². The molecule has 2 unspecified atom stereocenters. The van der Waals surface area contributed by atoms with Crippen LogP contribution in [-0.2, 0) is 23.1 Å². The van der Waals surface area contributed by atoms with Gasteiger partial charge in [0.25, 0.3) is 5.91 Å². The molecule has 116 valence electrons. The maximum absolute atomic E-state index is 12.9. The summed E-state index contributed by atoms with van der Waals surface area (Å²) in [5.74, 6) is -0.147. The molecule has 6 heteroatoms. The predicted octanol–water partition coefficient (Wildman–Crippen LogP) is 1.39. The fourth-order valence-corrected chi connectivity index (χ4v) is 2.79. The van der Waals surface area contributed by atoms with Gasteiger partial charge < -0.3 is 5.32 Å². The maximum Gasteiger partial charge on any atom is 0.253 e. The summed E-state index contributed by atoms with van der Waals surface area (Å²) in [6, 6.07) is -0.466. The van der Waals surface area contributed by atoms with Gasteiger partial charge in [0.05, 0.1) is 11.4 Å². The van der Waals surface area contributed by atoms with Gasteiger partial charge in [0.1, 0.15) is 11.6 Å². The number of anilines is 1. The average molecular weight is 292 g/mol. The first-order valence-electron chi connectivity index (χ1n) is 7.56. The third kappa shape index (κ3) is 2.43. The van der Waals surface area contributed by atoms with Crippen LogP contribution >= 0.6 is 0 Å². The number of hydrogen-bond donors (Lipinski definition) is 1. The van der Waals surface area contributed by atoms with E-state index < -0.39 is 11.6 Å². The van der Waals surface area contributed by atoms with Crippen molar-refractivity contribution in [3.8, 4) is 0 Å². The minimum atomic E-state index is -0.844. The second-order valence-electron chi connectivity index (χ2n) is 5.76. The third-order valence-corrected chi connectivity index (χ3v) is 4.28. The van der Waals surface area contributed by atoms with Crippen molar-refractivity contribution in [2.75, 3.05) is 4.90 Å². The molecule has 2 amide bonds. The summed E-state index contributed by atoms with van der Waals surface area (Å²) in [4.78, 5) is 27.0. The summed E-state index contributed by atoms with van der Waals surface area (Å²) >= 11 is 0. The van der Waals surface area contributed by atoms with Crippen LogP contribution in [0.4, 0.5) is 5.69 Å². The summed E-state index contributed by atoms with van der Waals surface area (Å²) < 4.78 is 1.70. The molecule has 2 heterocycles. The standard InChI is InChI=1S/C15H24N4O2/c1-6-10-12(9-18(5)17-10)19-11(7-2)13(20)16-15(4,8-3)14(19)21/h9,11H,6-8H2,1-5H3,(H,16,20). The number of rotatable bonds is 4. The lowest BCUT2D eigenvalue weighted by molar-refractivity contribution is -0.138. The van der Waals surface area contributed by atoms with Crippen LogP contribution in [0, 0.1) is 0 Å². The van der Waals surface area contributed by atoms with Gasteiger partial charge in [-0.1, -0.05) is 20.8 Å². The number of carbonyl (C=O) groups excluding carboxylic acids is 2. The molecule has 1 aromatic rings. The van der Waals surface area contributed by atoms with Crippen molar-refractivity contribution in [2.45, 2.75) is 58.5 Å². The summed E-state index contributed by atoms with van der Waals surface area (Å²) in [6.45, 7) is 7.61. The summed E-state index contributed by atoms with van der Waals surface area (Å²) in [5.41, 5.74) is 0.757. The van der Waals surface area contributed by atoms with Crippen LogP contribution < -0.4 is 10.2 Å². The molecule has 1 aliphatic rings. The minimum Gasteiger partial charge on any atom is -0.340 e. The Balaban J connectivity index is 2.54. The Bertz CT molecular complexity index is 566. The SMILES string of the molecule is CCc1nn(C)cc1N1C(=O)C(C)(CC)NC(=O)C1CC. The zero-order valence-electron chi connectivity index (χ0n) is 13.4. The van der Waals surface area contributed by atoms with Crippen molar-refractivity contribution in [2.24, 2.45) is 7.05 Å². The molecule has 1 aliphatic heterocycles. The molecule has 21 heavy (non-hydrogen) atoms. The molecule has 2 rings (SSSR count). The van der Waals surface area contributed by atoms with Crippen LogP contribution in [0.2, 0.25) is 0 Å². The Kier molecular flexibility index (Phi) is 4.07. The Hall–Kier alpha value is -1.85. The normalized spacial score (nSPS) is 26.1. The Morgan fingerprint density at radius 2 is 2.00 bits per heavy atom. The van der Waals surface area contributed by atoms with Crippen molar-refractivity contribution in [3.63, 3.8) is 0 Å². The number of aromatic nitrogens is 2. The van der Waals surface area contributed by atoms with Crippen LogP contribution in [0.3, 0.4) is 0 Å². The van der Waals surface area contributed by atoms with Gasteiger partial charge in [-0.3, -0.25) is 19.2 Å². The molecule has 0 saturated carbocycles. The van der Waals surface area contributed by atoms with E-state index in [1.165, 1.54) is 0 Å².